The first kappa shape index (κ1) is 17.0. The summed E-state index contributed by atoms with van der Waals surface area (Å²) in [4.78, 5) is 25.4. The highest BCUT2D eigenvalue weighted by atomic mass is 16.5. The van der Waals surface area contributed by atoms with Crippen molar-refractivity contribution < 1.29 is 14.3 Å². The Kier molecular flexibility index (Phi) is 4.98. The molecule has 128 valence electrons. The summed E-state index contributed by atoms with van der Waals surface area (Å²) >= 11 is 0. The summed E-state index contributed by atoms with van der Waals surface area (Å²) in [6.45, 7) is 8.23. The van der Waals surface area contributed by atoms with E-state index in [1.165, 1.54) is 17.2 Å². The molecular weight excluding hydrogens is 314 g/mol. The number of carbonyl (C=O) groups excluding carboxylic acids is 2. The van der Waals surface area contributed by atoms with Crippen molar-refractivity contribution >= 4 is 11.9 Å². The number of hydrogen-bond donors (Lipinski definition) is 0. The molecule has 1 unspecified atom stereocenters. The highest BCUT2D eigenvalue weighted by molar-refractivity contribution is 5.87. The van der Waals surface area contributed by atoms with Gasteiger partial charge in [0.15, 0.2) is 0 Å². The number of hydrogen-bond acceptors (Lipinski definition) is 3. The average Bonchev–Trinajstić information content (AvgIpc) is 2.66. The first-order chi connectivity index (χ1) is 12.1. The van der Waals surface area contributed by atoms with Gasteiger partial charge in [0.25, 0.3) is 0 Å². The molecule has 1 fully saturated rings. The Morgan fingerprint density at radius 2 is 1.96 bits per heavy atom. The van der Waals surface area contributed by atoms with Gasteiger partial charge in [0.2, 0.25) is 5.91 Å². The molecule has 0 spiro atoms. The van der Waals surface area contributed by atoms with E-state index >= 15 is 0 Å². The van der Waals surface area contributed by atoms with Crippen molar-refractivity contribution in [2.75, 3.05) is 13.1 Å². The molecule has 1 atom stereocenters. The Balaban J connectivity index is 1.94. The number of likely N-dealkylation sites (tertiary alicyclic amines) is 1. The number of fused-ring (bicyclic) bond motifs is 1. The zero-order valence-electron chi connectivity index (χ0n) is 14.1. The number of rotatable bonds is 4. The minimum absolute atomic E-state index is 0.0617. The molecule has 1 aromatic rings. The van der Waals surface area contributed by atoms with E-state index < -0.39 is 5.97 Å². The summed E-state index contributed by atoms with van der Waals surface area (Å²) in [7, 11) is 0. The van der Waals surface area contributed by atoms with Crippen LogP contribution in [0.15, 0.2) is 72.9 Å². The van der Waals surface area contributed by atoms with Gasteiger partial charge in [-0.1, -0.05) is 37.4 Å². The number of carbonyl (C=O) groups is 2. The first-order valence-electron chi connectivity index (χ1n) is 8.37. The largest absolute Gasteiger partial charge is 0.423 e. The van der Waals surface area contributed by atoms with Crippen molar-refractivity contribution in [3.8, 4) is 5.75 Å². The molecule has 0 aromatic heterocycles. The maximum absolute atomic E-state index is 12.2. The summed E-state index contributed by atoms with van der Waals surface area (Å²) < 4.78 is 5.24. The second-order valence-electron chi connectivity index (χ2n) is 6.14. The van der Waals surface area contributed by atoms with Gasteiger partial charge >= 0.3 is 5.97 Å². The topological polar surface area (TPSA) is 46.6 Å². The maximum Gasteiger partial charge on any atom is 0.335 e. The quantitative estimate of drug-likeness (QED) is 0.480. The van der Waals surface area contributed by atoms with Gasteiger partial charge in [0.1, 0.15) is 5.75 Å². The van der Waals surface area contributed by atoms with Crippen LogP contribution >= 0.6 is 0 Å². The minimum atomic E-state index is -0.485. The lowest BCUT2D eigenvalue weighted by molar-refractivity contribution is -0.129. The van der Waals surface area contributed by atoms with Crippen LogP contribution in [-0.2, 0) is 9.59 Å². The fraction of sp³-hybridized carbons (Fsp3) is 0.238. The molecule has 0 bridgehead atoms. The number of amides is 1. The molecule has 25 heavy (non-hydrogen) atoms. The molecule has 4 nitrogen and oxygen atoms in total. The zero-order valence-corrected chi connectivity index (χ0v) is 14.1. The number of esters is 1. The second kappa shape index (κ2) is 7.34. The van der Waals surface area contributed by atoms with Gasteiger partial charge in [-0.15, -0.1) is 0 Å². The molecular formula is C21H21NO3. The summed E-state index contributed by atoms with van der Waals surface area (Å²) in [6.07, 6.45) is 8.98. The smallest absolute Gasteiger partial charge is 0.335 e. The summed E-state index contributed by atoms with van der Waals surface area (Å²) in [5, 5.41) is 0. The summed E-state index contributed by atoms with van der Waals surface area (Å²) in [5.74, 6) is -0.00502. The van der Waals surface area contributed by atoms with Gasteiger partial charge in [0.05, 0.1) is 0 Å². The van der Waals surface area contributed by atoms with E-state index in [2.05, 4.69) is 25.3 Å². The molecule has 0 saturated carbocycles. The third kappa shape index (κ3) is 3.63. The molecule has 0 N–H and O–H groups in total. The van der Waals surface area contributed by atoms with E-state index in [0.717, 1.165) is 24.5 Å². The van der Waals surface area contributed by atoms with Crippen LogP contribution in [0.4, 0.5) is 0 Å². The van der Waals surface area contributed by atoms with E-state index in [9.17, 15) is 9.59 Å². The van der Waals surface area contributed by atoms with Gasteiger partial charge in [-0.25, -0.2) is 4.79 Å². The maximum atomic E-state index is 12.2. The van der Waals surface area contributed by atoms with E-state index in [1.54, 1.807) is 6.07 Å². The van der Waals surface area contributed by atoms with Crippen molar-refractivity contribution in [3.63, 3.8) is 0 Å². The lowest BCUT2D eigenvalue weighted by atomic mass is 9.80. The van der Waals surface area contributed by atoms with Crippen molar-refractivity contribution in [1.29, 1.82) is 0 Å². The molecule has 3 rings (SSSR count). The molecule has 1 aromatic carbocycles. The third-order valence-electron chi connectivity index (χ3n) is 4.56. The Hall–Kier alpha value is -2.88. The summed E-state index contributed by atoms with van der Waals surface area (Å²) in [6, 6.07) is 7.47. The molecule has 1 saturated heterocycles. The van der Waals surface area contributed by atoms with E-state index in [4.69, 9.17) is 4.74 Å². The average molecular weight is 335 g/mol. The Labute approximate surface area is 147 Å². The number of ether oxygens (including phenoxy) is 1. The third-order valence-corrected chi connectivity index (χ3v) is 4.56. The summed E-state index contributed by atoms with van der Waals surface area (Å²) in [5.41, 5.74) is 3.49. The lowest BCUT2D eigenvalue weighted by Crippen LogP contribution is -2.40. The number of piperidine rings is 1. The van der Waals surface area contributed by atoms with Crippen LogP contribution in [0.5, 0.6) is 5.75 Å². The monoisotopic (exact) mass is 335 g/mol. The highest BCUT2D eigenvalue weighted by Gasteiger charge is 2.31. The van der Waals surface area contributed by atoms with Gasteiger partial charge in [-0.05, 0) is 47.8 Å². The van der Waals surface area contributed by atoms with Crippen LogP contribution < -0.4 is 4.74 Å². The van der Waals surface area contributed by atoms with E-state index in [-0.39, 0.29) is 11.8 Å². The SMILES string of the molecule is C=CC(=O)Oc1cccc(C2CN(C(=O)C=C)CC3=CCCC=C32)c1. The zero-order chi connectivity index (χ0) is 17.8. The fourth-order valence-electron chi connectivity index (χ4n) is 3.39. The molecule has 4 heteroatoms. The lowest BCUT2D eigenvalue weighted by Gasteiger charge is -2.38. The molecule has 1 heterocycles. The number of benzene rings is 1. The Bertz CT molecular complexity index is 788. The second-order valence-corrected chi connectivity index (χ2v) is 6.14. The normalized spacial score (nSPS) is 19.2. The van der Waals surface area contributed by atoms with Crippen LogP contribution in [0.1, 0.15) is 24.3 Å². The number of allylic oxidation sites excluding steroid dienone is 2. The van der Waals surface area contributed by atoms with Gasteiger partial charge < -0.3 is 9.64 Å². The van der Waals surface area contributed by atoms with Gasteiger partial charge in [-0.3, -0.25) is 4.79 Å². The van der Waals surface area contributed by atoms with Crippen LogP contribution in [0.2, 0.25) is 0 Å². The predicted molar refractivity (Wildman–Crippen MR) is 97.2 cm³/mol. The first-order valence-corrected chi connectivity index (χ1v) is 8.37. The van der Waals surface area contributed by atoms with Crippen LogP contribution in [0.3, 0.4) is 0 Å². The molecule has 1 aliphatic carbocycles. The van der Waals surface area contributed by atoms with Gasteiger partial charge in [-0.2, -0.15) is 0 Å². The Morgan fingerprint density at radius 3 is 2.72 bits per heavy atom. The molecule has 2 aliphatic rings. The molecule has 1 amide bonds. The highest BCUT2D eigenvalue weighted by Crippen LogP contribution is 2.38. The molecule has 1 aliphatic heterocycles. The van der Waals surface area contributed by atoms with Crippen LogP contribution in [0, 0.1) is 0 Å². The predicted octanol–water partition coefficient (Wildman–Crippen LogP) is 3.54. The van der Waals surface area contributed by atoms with Crippen molar-refractivity contribution in [2.45, 2.75) is 18.8 Å². The van der Waals surface area contributed by atoms with Gasteiger partial charge in [0, 0.05) is 25.1 Å². The Morgan fingerprint density at radius 1 is 1.16 bits per heavy atom. The van der Waals surface area contributed by atoms with Crippen molar-refractivity contribution in [2.24, 2.45) is 0 Å². The molecule has 0 radical (unpaired) electrons. The number of nitrogens with zero attached hydrogens (tertiary/aromatic N) is 1. The van der Waals surface area contributed by atoms with E-state index in [1.807, 2.05) is 23.1 Å². The van der Waals surface area contributed by atoms with Crippen LogP contribution in [0.25, 0.3) is 0 Å². The minimum Gasteiger partial charge on any atom is -0.423 e. The standard InChI is InChI=1S/C21H21NO3/c1-3-20(23)22-13-16-8-5-6-11-18(16)19(14-22)15-9-7-10-17(12-15)25-21(24)4-2/h3-4,7-12,19H,1-2,5-6,13-14H2. The van der Waals surface area contributed by atoms with Crippen LogP contribution in [-0.4, -0.2) is 29.9 Å². The van der Waals surface area contributed by atoms with E-state index in [0.29, 0.717) is 18.8 Å². The van der Waals surface area contributed by atoms with Crippen molar-refractivity contribution in [1.82, 2.24) is 4.90 Å². The fourth-order valence-corrected chi connectivity index (χ4v) is 3.39. The van der Waals surface area contributed by atoms with Crippen molar-refractivity contribution in [3.05, 3.63) is 78.4 Å².